The van der Waals surface area contributed by atoms with Crippen molar-refractivity contribution in [3.05, 3.63) is 12.2 Å². The van der Waals surface area contributed by atoms with Gasteiger partial charge < -0.3 is 28.8 Å². The highest BCUT2D eigenvalue weighted by molar-refractivity contribution is 5.91. The molecule has 9 atom stereocenters. The number of rotatable bonds is 3. The van der Waals surface area contributed by atoms with Gasteiger partial charge in [-0.15, -0.1) is 0 Å². The number of hydrogen-bond donors (Lipinski definition) is 1. The summed E-state index contributed by atoms with van der Waals surface area (Å²) in [6.45, 7) is 8.02. The highest BCUT2D eigenvalue weighted by Gasteiger charge is 2.95. The van der Waals surface area contributed by atoms with Gasteiger partial charge in [-0.25, -0.2) is 4.79 Å². The Morgan fingerprint density at radius 3 is 2.60 bits per heavy atom. The summed E-state index contributed by atoms with van der Waals surface area (Å²) in [4.78, 5) is 25.9. The monoisotopic (exact) mass is 422 g/mol. The molecule has 1 saturated carbocycles. The van der Waals surface area contributed by atoms with E-state index in [9.17, 15) is 14.7 Å². The predicted octanol–water partition coefficient (Wildman–Crippen LogP) is 1.55. The van der Waals surface area contributed by atoms with Crippen LogP contribution in [0.5, 0.6) is 0 Å². The molecule has 2 spiro atoms. The van der Waals surface area contributed by atoms with Crippen molar-refractivity contribution in [1.82, 2.24) is 0 Å². The lowest BCUT2D eigenvalue weighted by molar-refractivity contribution is -0.258. The van der Waals surface area contributed by atoms with Crippen LogP contribution in [0.1, 0.15) is 40.5 Å². The van der Waals surface area contributed by atoms with Crippen LogP contribution in [0.25, 0.3) is 0 Å². The van der Waals surface area contributed by atoms with Gasteiger partial charge >= 0.3 is 11.9 Å². The molecule has 30 heavy (non-hydrogen) atoms. The maximum absolute atomic E-state index is 13.4. The summed E-state index contributed by atoms with van der Waals surface area (Å²) in [6, 6.07) is 0. The van der Waals surface area contributed by atoms with E-state index in [2.05, 4.69) is 20.8 Å². The Labute approximate surface area is 175 Å². The van der Waals surface area contributed by atoms with E-state index in [1.165, 1.54) is 7.11 Å². The number of carbonyl (C=O) groups is 2. The molecule has 4 fully saturated rings. The lowest BCUT2D eigenvalue weighted by Gasteiger charge is -2.46. The minimum atomic E-state index is -1.91. The number of ether oxygens (including phenoxy) is 5. The molecule has 2 unspecified atom stereocenters. The van der Waals surface area contributed by atoms with E-state index in [1.54, 1.807) is 20.1 Å². The second kappa shape index (κ2) is 5.65. The Balaban J connectivity index is 1.75. The highest BCUT2D eigenvalue weighted by Crippen LogP contribution is 2.82. The van der Waals surface area contributed by atoms with Gasteiger partial charge in [0.1, 0.15) is 11.7 Å². The molecule has 8 nitrogen and oxygen atoms in total. The average molecular weight is 422 g/mol. The normalized spacial score (nSPS) is 51.5. The van der Waals surface area contributed by atoms with E-state index < -0.39 is 58.6 Å². The quantitative estimate of drug-likeness (QED) is 0.540. The number of esters is 2. The summed E-state index contributed by atoms with van der Waals surface area (Å²) in [6.07, 6.45) is 2.85. The van der Waals surface area contributed by atoms with Gasteiger partial charge in [0.15, 0.2) is 12.6 Å². The fraction of sp³-hybridized carbons (Fsp3) is 0.818. The second-order valence-electron chi connectivity index (χ2n) is 10.5. The van der Waals surface area contributed by atoms with Crippen LogP contribution < -0.4 is 0 Å². The Morgan fingerprint density at radius 1 is 1.30 bits per heavy atom. The maximum Gasteiger partial charge on any atom is 0.343 e. The molecule has 0 amide bonds. The molecular formula is C22H30O8. The molecule has 5 aliphatic rings. The molecule has 3 aliphatic heterocycles. The first-order chi connectivity index (χ1) is 14.0. The molecule has 5 rings (SSSR count). The van der Waals surface area contributed by atoms with E-state index in [0.717, 1.165) is 0 Å². The van der Waals surface area contributed by atoms with Crippen LogP contribution in [0.15, 0.2) is 12.2 Å². The van der Waals surface area contributed by atoms with Crippen molar-refractivity contribution >= 4 is 11.9 Å². The van der Waals surface area contributed by atoms with Crippen molar-refractivity contribution < 1.29 is 38.4 Å². The van der Waals surface area contributed by atoms with Crippen LogP contribution in [0, 0.1) is 28.1 Å². The number of hydrogen-bond acceptors (Lipinski definition) is 8. The van der Waals surface area contributed by atoms with Crippen LogP contribution in [0.3, 0.4) is 0 Å². The Bertz CT molecular complexity index is 847. The fourth-order valence-corrected chi connectivity index (χ4v) is 7.48. The third-order valence-electron chi connectivity index (χ3n) is 8.64. The molecule has 2 aliphatic carbocycles. The van der Waals surface area contributed by atoms with Gasteiger partial charge in [-0.3, -0.25) is 4.79 Å². The van der Waals surface area contributed by atoms with Gasteiger partial charge in [-0.2, -0.15) is 0 Å². The summed E-state index contributed by atoms with van der Waals surface area (Å²) in [7, 11) is 2.84. The van der Waals surface area contributed by atoms with Gasteiger partial charge in [0, 0.05) is 18.9 Å². The third-order valence-corrected chi connectivity index (χ3v) is 8.64. The Kier molecular flexibility index (Phi) is 3.85. The number of carbonyl (C=O) groups excluding carboxylic acids is 2. The van der Waals surface area contributed by atoms with Crippen LogP contribution in [0.4, 0.5) is 0 Å². The minimum absolute atomic E-state index is 0.0792. The molecule has 166 valence electrons. The molecule has 1 N–H and O–H groups in total. The van der Waals surface area contributed by atoms with E-state index in [-0.39, 0.29) is 11.3 Å². The number of methoxy groups -OCH3 is 2. The summed E-state index contributed by atoms with van der Waals surface area (Å²) in [5.41, 5.74) is -5.41. The minimum Gasteiger partial charge on any atom is -0.469 e. The van der Waals surface area contributed by atoms with Gasteiger partial charge in [0.25, 0.3) is 0 Å². The van der Waals surface area contributed by atoms with Gasteiger partial charge in [0.05, 0.1) is 18.4 Å². The van der Waals surface area contributed by atoms with E-state index in [0.29, 0.717) is 12.8 Å². The average Bonchev–Trinajstić information content (AvgIpc) is 3.38. The number of aliphatic hydroxyl groups is 1. The summed E-state index contributed by atoms with van der Waals surface area (Å²) in [5, 5.41) is 11.9. The Hall–Kier alpha value is -1.48. The van der Waals surface area contributed by atoms with Crippen molar-refractivity contribution in [2.45, 2.75) is 70.4 Å². The van der Waals surface area contributed by atoms with Crippen molar-refractivity contribution in [1.29, 1.82) is 0 Å². The SMILES string of the molecule is COC(=O)[C@@H](C)[C@@]1(O)C=CC23[C@H]4C[C@@H](C(C)(C)C)C25C[C@@H](OC)O[C@H]5O[C@]31C(=O)O4. The molecule has 0 aromatic rings. The molecule has 0 radical (unpaired) electrons. The lowest BCUT2D eigenvalue weighted by Crippen LogP contribution is -2.66. The topological polar surface area (TPSA) is 101 Å². The molecule has 0 aromatic carbocycles. The lowest BCUT2D eigenvalue weighted by atomic mass is 9.52. The summed E-state index contributed by atoms with van der Waals surface area (Å²) >= 11 is 0. The van der Waals surface area contributed by atoms with Crippen LogP contribution in [-0.4, -0.2) is 61.2 Å². The zero-order chi connectivity index (χ0) is 21.9. The first-order valence-electron chi connectivity index (χ1n) is 10.5. The first-order valence-corrected chi connectivity index (χ1v) is 10.5. The maximum atomic E-state index is 13.4. The van der Waals surface area contributed by atoms with Crippen LogP contribution >= 0.6 is 0 Å². The molecule has 0 bridgehead atoms. The van der Waals surface area contributed by atoms with Crippen LogP contribution in [0.2, 0.25) is 0 Å². The standard InChI is InChI=1S/C22H30O8/c1-11(15(23)27-6)21(25)8-7-20-13-9-12(18(2,3)4)19(20)10-14(26-5)29-17(19)30-22(20,21)16(24)28-13/h7-8,11-14,17,25H,9-10H2,1-6H3/t11-,12+,13-,14+,17+,19?,20?,21+,22-/m1/s1. The second-order valence-corrected chi connectivity index (χ2v) is 10.5. The van der Waals surface area contributed by atoms with Gasteiger partial charge in [0.2, 0.25) is 5.60 Å². The summed E-state index contributed by atoms with van der Waals surface area (Å²) < 4.78 is 28.9. The molecule has 0 aromatic heterocycles. The van der Waals surface area contributed by atoms with Crippen molar-refractivity contribution in [3.63, 3.8) is 0 Å². The smallest absolute Gasteiger partial charge is 0.343 e. The van der Waals surface area contributed by atoms with Crippen molar-refractivity contribution in [2.75, 3.05) is 14.2 Å². The van der Waals surface area contributed by atoms with Gasteiger partial charge in [-0.05, 0) is 24.7 Å². The Morgan fingerprint density at radius 2 is 2.00 bits per heavy atom. The first kappa shape index (κ1) is 20.4. The zero-order valence-corrected chi connectivity index (χ0v) is 18.3. The molecule has 3 heterocycles. The van der Waals surface area contributed by atoms with Crippen LogP contribution in [-0.2, 0) is 33.3 Å². The molecule has 8 heteroatoms. The third kappa shape index (κ3) is 1.78. The highest BCUT2D eigenvalue weighted by atomic mass is 16.8. The summed E-state index contributed by atoms with van der Waals surface area (Å²) in [5.74, 6) is -2.22. The van der Waals surface area contributed by atoms with E-state index in [4.69, 9.17) is 23.7 Å². The van der Waals surface area contributed by atoms with Gasteiger partial charge in [-0.1, -0.05) is 32.9 Å². The van der Waals surface area contributed by atoms with Crippen molar-refractivity contribution in [3.8, 4) is 0 Å². The van der Waals surface area contributed by atoms with E-state index >= 15 is 0 Å². The fourth-order valence-electron chi connectivity index (χ4n) is 7.48. The van der Waals surface area contributed by atoms with Crippen molar-refractivity contribution in [2.24, 2.45) is 28.1 Å². The molecular weight excluding hydrogens is 392 g/mol. The van der Waals surface area contributed by atoms with E-state index in [1.807, 2.05) is 6.08 Å². The zero-order valence-electron chi connectivity index (χ0n) is 18.3. The molecule has 3 saturated heterocycles. The largest absolute Gasteiger partial charge is 0.469 e. The predicted molar refractivity (Wildman–Crippen MR) is 102 cm³/mol.